The summed E-state index contributed by atoms with van der Waals surface area (Å²) >= 11 is 0. The van der Waals surface area contributed by atoms with Crippen LogP contribution in [0.25, 0.3) is 0 Å². The Labute approximate surface area is 125 Å². The van der Waals surface area contributed by atoms with E-state index in [0.29, 0.717) is 0 Å². The molecule has 2 aliphatic rings. The van der Waals surface area contributed by atoms with Gasteiger partial charge in [0.2, 0.25) is 0 Å². The van der Waals surface area contributed by atoms with Crippen LogP contribution in [0.3, 0.4) is 0 Å². The van der Waals surface area contributed by atoms with Crippen molar-refractivity contribution in [1.29, 1.82) is 0 Å². The highest BCUT2D eigenvalue weighted by Gasteiger charge is 2.50. The number of phosphoric acid groups is 1. The van der Waals surface area contributed by atoms with Gasteiger partial charge in [0.1, 0.15) is 30.8 Å². The fourth-order valence-corrected chi connectivity index (χ4v) is 2.88. The van der Waals surface area contributed by atoms with Gasteiger partial charge in [-0.1, -0.05) is 0 Å². The Morgan fingerprint density at radius 1 is 1.41 bits per heavy atom. The molecule has 0 amide bonds. The van der Waals surface area contributed by atoms with Gasteiger partial charge in [-0.2, -0.15) is 0 Å². The molecule has 0 aromatic heterocycles. The minimum absolute atomic E-state index is 0.139. The fourth-order valence-electron chi connectivity index (χ4n) is 2.54. The fraction of sp³-hybridized carbons (Fsp3) is 1.00. The molecular formula is C9H21N4O8P. The van der Waals surface area contributed by atoms with Crippen LogP contribution in [-0.2, 0) is 13.8 Å². The molecule has 13 heteroatoms. The molecule has 0 aromatic rings. The second-order valence-corrected chi connectivity index (χ2v) is 6.46. The first kappa shape index (κ1) is 18.1. The van der Waals surface area contributed by atoms with Crippen LogP contribution < -0.4 is 16.8 Å². The Morgan fingerprint density at radius 2 is 2.05 bits per heavy atom. The Hall–Kier alpha value is -0.210. The van der Waals surface area contributed by atoms with Crippen molar-refractivity contribution in [2.75, 3.05) is 13.3 Å². The molecule has 22 heavy (non-hydrogen) atoms. The summed E-state index contributed by atoms with van der Waals surface area (Å²) in [6, 6.07) is -0.654. The normalized spacial score (nSPS) is 42.0. The predicted octanol–water partition coefficient (Wildman–Crippen LogP) is -4.66. The molecule has 0 aromatic carbocycles. The zero-order valence-corrected chi connectivity index (χ0v) is 12.4. The lowest BCUT2D eigenvalue weighted by molar-refractivity contribution is -0.104. The molecule has 12 nitrogen and oxygen atoms in total. The summed E-state index contributed by atoms with van der Waals surface area (Å²) in [7, 11) is -4.72. The number of hydrogen-bond acceptors (Lipinski definition) is 10. The van der Waals surface area contributed by atoms with Gasteiger partial charge in [0.15, 0.2) is 0 Å². The molecule has 2 heterocycles. The van der Waals surface area contributed by atoms with Crippen molar-refractivity contribution in [2.24, 2.45) is 11.5 Å². The van der Waals surface area contributed by atoms with Crippen LogP contribution in [0.15, 0.2) is 0 Å². The Balaban J connectivity index is 2.00. The van der Waals surface area contributed by atoms with Crippen molar-refractivity contribution < 1.29 is 38.9 Å². The van der Waals surface area contributed by atoms with E-state index in [4.69, 9.17) is 26.0 Å². The minimum atomic E-state index is -4.72. The molecule has 0 radical (unpaired) electrons. The van der Waals surface area contributed by atoms with Gasteiger partial charge in [-0.15, -0.1) is 0 Å². The van der Waals surface area contributed by atoms with Gasteiger partial charge < -0.3 is 41.3 Å². The third kappa shape index (κ3) is 3.82. The maximum Gasteiger partial charge on any atom is 0.469 e. The van der Waals surface area contributed by atoms with Gasteiger partial charge in [-0.25, -0.2) is 9.46 Å². The molecular weight excluding hydrogens is 323 g/mol. The van der Waals surface area contributed by atoms with Gasteiger partial charge in [0.05, 0.1) is 25.5 Å². The van der Waals surface area contributed by atoms with Gasteiger partial charge in [0, 0.05) is 0 Å². The summed E-state index contributed by atoms with van der Waals surface area (Å²) in [6.07, 6.45) is -6.96. The predicted molar refractivity (Wildman–Crippen MR) is 70.5 cm³/mol. The van der Waals surface area contributed by atoms with Crippen LogP contribution in [0.2, 0.25) is 0 Å². The van der Waals surface area contributed by atoms with Crippen LogP contribution in [0.4, 0.5) is 0 Å². The van der Waals surface area contributed by atoms with E-state index in [9.17, 15) is 19.9 Å². The molecule has 0 bridgehead atoms. The lowest BCUT2D eigenvalue weighted by Gasteiger charge is -2.30. The van der Waals surface area contributed by atoms with E-state index < -0.39 is 57.4 Å². The van der Waals surface area contributed by atoms with E-state index in [1.165, 1.54) is 4.90 Å². The highest BCUT2D eigenvalue weighted by Crippen LogP contribution is 2.37. The summed E-state index contributed by atoms with van der Waals surface area (Å²) in [4.78, 5) is 18.7. The summed E-state index contributed by atoms with van der Waals surface area (Å²) in [6.45, 7) is -0.459. The maximum absolute atomic E-state index is 10.7. The number of phosphoric ester groups is 1. The first-order chi connectivity index (χ1) is 10.1. The van der Waals surface area contributed by atoms with E-state index in [0.717, 1.165) is 0 Å². The molecule has 7 unspecified atom stereocenters. The largest absolute Gasteiger partial charge is 0.469 e. The van der Waals surface area contributed by atoms with Crippen molar-refractivity contribution in [3.63, 3.8) is 0 Å². The summed E-state index contributed by atoms with van der Waals surface area (Å²) in [5.74, 6) is 0. The first-order valence-electron chi connectivity index (χ1n) is 6.52. The van der Waals surface area contributed by atoms with E-state index in [-0.39, 0.29) is 6.67 Å². The molecule has 2 saturated heterocycles. The highest BCUT2D eigenvalue weighted by molar-refractivity contribution is 7.46. The van der Waals surface area contributed by atoms with Crippen LogP contribution in [0.5, 0.6) is 0 Å². The average molecular weight is 344 g/mol. The van der Waals surface area contributed by atoms with Gasteiger partial charge in [-0.3, -0.25) is 9.84 Å². The third-order valence-corrected chi connectivity index (χ3v) is 4.18. The molecule has 0 spiro atoms. The van der Waals surface area contributed by atoms with Crippen molar-refractivity contribution in [3.05, 3.63) is 0 Å². The summed E-state index contributed by atoms with van der Waals surface area (Å²) in [5.41, 5.74) is 11.3. The molecule has 7 atom stereocenters. The van der Waals surface area contributed by atoms with E-state index in [2.05, 4.69) is 9.84 Å². The van der Waals surface area contributed by atoms with E-state index >= 15 is 0 Å². The van der Waals surface area contributed by atoms with Gasteiger partial charge in [-0.05, 0) is 0 Å². The number of rotatable bonds is 5. The van der Waals surface area contributed by atoms with Crippen LogP contribution in [0.1, 0.15) is 0 Å². The Morgan fingerprint density at radius 3 is 2.55 bits per heavy atom. The second kappa shape index (κ2) is 6.73. The average Bonchev–Trinajstić information content (AvgIpc) is 2.90. The maximum atomic E-state index is 10.7. The Bertz CT molecular complexity index is 436. The monoisotopic (exact) mass is 344 g/mol. The smallest absolute Gasteiger partial charge is 0.387 e. The molecule has 0 saturated carbocycles. The topological polar surface area (TPSA) is 204 Å². The number of hydrogen-bond donors (Lipinski definition) is 8. The number of aliphatic hydroxyl groups excluding tert-OH is 3. The van der Waals surface area contributed by atoms with Crippen molar-refractivity contribution in [2.45, 2.75) is 43.0 Å². The number of nitrogens with zero attached hydrogens (tertiary/aromatic N) is 1. The number of ether oxygens (including phenoxy) is 1. The number of nitrogens with one attached hydrogen (secondary N) is 1. The lowest BCUT2D eigenvalue weighted by atomic mass is 10.1. The molecule has 0 aliphatic carbocycles. The quantitative estimate of drug-likeness (QED) is 0.175. The van der Waals surface area contributed by atoms with Crippen LogP contribution >= 0.6 is 7.82 Å². The zero-order chi connectivity index (χ0) is 16.7. The van der Waals surface area contributed by atoms with Gasteiger partial charge in [0.25, 0.3) is 0 Å². The number of nitrogens with two attached hydrogens (primary N) is 2. The SMILES string of the molecule is NC(O)C1NCN(C2OC(COP(=O)(O)O)C(O)C2O)C1N. The molecule has 2 rings (SSSR count). The highest BCUT2D eigenvalue weighted by atomic mass is 31.2. The Kier molecular flexibility index (Phi) is 5.54. The zero-order valence-electron chi connectivity index (χ0n) is 11.5. The number of aliphatic hydroxyl groups is 3. The summed E-state index contributed by atoms with van der Waals surface area (Å²) in [5, 5.41) is 32.1. The standard InChI is InChI=1S/C9H21N4O8P/c10-7-4(8(11)16)12-2-13(7)9-6(15)5(14)3(21-9)1-20-22(17,18)19/h3-9,12,14-16H,1-2,10-11H2,(H2,17,18,19). The van der Waals surface area contributed by atoms with Crippen LogP contribution in [-0.4, -0.2) is 86.3 Å². The van der Waals surface area contributed by atoms with E-state index in [1.54, 1.807) is 0 Å². The summed E-state index contributed by atoms with van der Waals surface area (Å²) < 4.78 is 20.3. The molecule has 2 fully saturated rings. The third-order valence-electron chi connectivity index (χ3n) is 3.70. The molecule has 10 N–H and O–H groups in total. The van der Waals surface area contributed by atoms with Gasteiger partial charge >= 0.3 is 7.82 Å². The lowest BCUT2D eigenvalue weighted by Crippen LogP contribution is -2.56. The van der Waals surface area contributed by atoms with Crippen LogP contribution in [0, 0.1) is 0 Å². The minimum Gasteiger partial charge on any atom is -0.387 e. The molecule has 2 aliphatic heterocycles. The van der Waals surface area contributed by atoms with Crippen molar-refractivity contribution >= 4 is 7.82 Å². The van der Waals surface area contributed by atoms with Crippen molar-refractivity contribution in [1.82, 2.24) is 10.2 Å². The second-order valence-electron chi connectivity index (χ2n) is 5.22. The van der Waals surface area contributed by atoms with Crippen molar-refractivity contribution in [3.8, 4) is 0 Å². The molecule has 130 valence electrons. The van der Waals surface area contributed by atoms with E-state index in [1.807, 2.05) is 0 Å². The first-order valence-corrected chi connectivity index (χ1v) is 8.05.